The molecule has 0 aliphatic carbocycles. The molecule has 5 heteroatoms. The van der Waals surface area contributed by atoms with Crippen LogP contribution in [0.2, 0.25) is 0 Å². The summed E-state index contributed by atoms with van der Waals surface area (Å²) in [6.45, 7) is 4.76. The topological polar surface area (TPSA) is 68.2 Å². The van der Waals surface area contributed by atoms with E-state index in [1.807, 2.05) is 29.6 Å². The van der Waals surface area contributed by atoms with E-state index in [1.54, 1.807) is 0 Å². The van der Waals surface area contributed by atoms with Crippen LogP contribution in [-0.2, 0) is 0 Å². The smallest absolute Gasteiger partial charge is 0.243 e. The summed E-state index contributed by atoms with van der Waals surface area (Å²) >= 11 is 0. The molecule has 0 saturated heterocycles. The summed E-state index contributed by atoms with van der Waals surface area (Å²) in [5.41, 5.74) is 7.64. The van der Waals surface area contributed by atoms with Gasteiger partial charge in [-0.2, -0.15) is 4.98 Å². The highest BCUT2D eigenvalue weighted by Crippen LogP contribution is 2.10. The normalized spacial score (nSPS) is 12.9. The van der Waals surface area contributed by atoms with Crippen molar-refractivity contribution >= 4 is 11.6 Å². The molecule has 2 aromatic rings. The number of nitrogens with zero attached hydrogens (tertiary/aromatic N) is 3. The van der Waals surface area contributed by atoms with Gasteiger partial charge in [0.05, 0.1) is 0 Å². The highest BCUT2D eigenvalue weighted by molar-refractivity contribution is 5.44. The van der Waals surface area contributed by atoms with Gasteiger partial charge in [-0.05, 0) is 25.5 Å². The molecular formula is C12H19N5. The van der Waals surface area contributed by atoms with Crippen molar-refractivity contribution in [2.45, 2.75) is 32.7 Å². The lowest BCUT2D eigenvalue weighted by molar-refractivity contribution is 0.642. The van der Waals surface area contributed by atoms with Crippen LogP contribution in [0.1, 0.15) is 25.5 Å². The van der Waals surface area contributed by atoms with Crippen molar-refractivity contribution < 1.29 is 0 Å². The Morgan fingerprint density at radius 1 is 1.47 bits per heavy atom. The summed E-state index contributed by atoms with van der Waals surface area (Å²) < 4.78 is 1.84. The number of nitrogens with one attached hydrogen (secondary N) is 1. The number of aromatic nitrogens is 3. The Morgan fingerprint density at radius 3 is 2.94 bits per heavy atom. The lowest BCUT2D eigenvalue weighted by Crippen LogP contribution is -2.29. The highest BCUT2D eigenvalue weighted by atomic mass is 15.4. The Morgan fingerprint density at radius 2 is 2.29 bits per heavy atom. The second-order valence-electron chi connectivity index (χ2n) is 4.24. The number of rotatable bonds is 5. The fourth-order valence-electron chi connectivity index (χ4n) is 1.88. The quantitative estimate of drug-likeness (QED) is 0.822. The van der Waals surface area contributed by atoms with Gasteiger partial charge in [0, 0.05) is 18.3 Å². The number of pyridine rings is 1. The number of hydrogen-bond donors (Lipinski definition) is 2. The molecule has 1 unspecified atom stereocenters. The third-order valence-electron chi connectivity index (χ3n) is 2.80. The third-order valence-corrected chi connectivity index (χ3v) is 2.80. The Balaban J connectivity index is 2.21. The summed E-state index contributed by atoms with van der Waals surface area (Å²) in [4.78, 5) is 4.43. The largest absolute Gasteiger partial charge is 0.349 e. The van der Waals surface area contributed by atoms with Crippen LogP contribution >= 0.6 is 0 Å². The van der Waals surface area contributed by atoms with E-state index in [0.717, 1.165) is 24.2 Å². The van der Waals surface area contributed by atoms with Crippen LogP contribution in [0, 0.1) is 6.92 Å². The minimum atomic E-state index is 0.248. The van der Waals surface area contributed by atoms with Gasteiger partial charge in [0.15, 0.2) is 5.65 Å². The van der Waals surface area contributed by atoms with Crippen LogP contribution in [-0.4, -0.2) is 27.2 Å². The lowest BCUT2D eigenvalue weighted by Gasteiger charge is -2.13. The highest BCUT2D eigenvalue weighted by Gasteiger charge is 2.09. The van der Waals surface area contributed by atoms with E-state index < -0.39 is 0 Å². The minimum Gasteiger partial charge on any atom is -0.349 e. The monoisotopic (exact) mass is 233 g/mol. The van der Waals surface area contributed by atoms with Gasteiger partial charge in [0.25, 0.3) is 0 Å². The first kappa shape index (κ1) is 11.9. The van der Waals surface area contributed by atoms with Gasteiger partial charge in [-0.1, -0.05) is 19.4 Å². The van der Waals surface area contributed by atoms with Crippen molar-refractivity contribution in [3.8, 4) is 0 Å². The first-order chi connectivity index (χ1) is 8.24. The second-order valence-corrected chi connectivity index (χ2v) is 4.24. The zero-order chi connectivity index (χ0) is 12.3. The second kappa shape index (κ2) is 5.14. The Labute approximate surface area is 101 Å². The Bertz CT molecular complexity index is 491. The summed E-state index contributed by atoms with van der Waals surface area (Å²) in [7, 11) is 0. The first-order valence-electron chi connectivity index (χ1n) is 6.03. The van der Waals surface area contributed by atoms with Crippen LogP contribution in [0.4, 0.5) is 5.95 Å². The van der Waals surface area contributed by atoms with Crippen molar-refractivity contribution in [3.63, 3.8) is 0 Å². The summed E-state index contributed by atoms with van der Waals surface area (Å²) in [6, 6.07) is 6.19. The van der Waals surface area contributed by atoms with Gasteiger partial charge in [-0.3, -0.25) is 0 Å². The summed E-state index contributed by atoms with van der Waals surface area (Å²) in [6.07, 6.45) is 2.13. The summed E-state index contributed by atoms with van der Waals surface area (Å²) in [5.74, 6) is 0.656. The maximum absolute atomic E-state index is 5.71. The molecule has 0 aromatic carbocycles. The maximum Gasteiger partial charge on any atom is 0.243 e. The SMILES string of the molecule is CCCC(CN)Nc1nc2cccc(C)n2n1. The molecule has 0 bridgehead atoms. The third kappa shape index (κ3) is 2.55. The molecule has 0 spiro atoms. The fourth-order valence-corrected chi connectivity index (χ4v) is 1.88. The fraction of sp³-hybridized carbons (Fsp3) is 0.500. The first-order valence-corrected chi connectivity index (χ1v) is 6.03. The Kier molecular flexibility index (Phi) is 3.58. The minimum absolute atomic E-state index is 0.248. The van der Waals surface area contributed by atoms with Gasteiger partial charge in [-0.25, -0.2) is 4.52 Å². The van der Waals surface area contributed by atoms with Gasteiger partial charge >= 0.3 is 0 Å². The average molecular weight is 233 g/mol. The molecule has 5 nitrogen and oxygen atoms in total. The standard InChI is InChI=1S/C12H19N5/c1-3-5-10(8-13)14-12-15-11-7-4-6-9(2)17(11)16-12/h4,6-7,10H,3,5,8,13H2,1-2H3,(H,14,16). The van der Waals surface area contributed by atoms with Crippen molar-refractivity contribution in [1.82, 2.24) is 14.6 Å². The van der Waals surface area contributed by atoms with Crippen LogP contribution in [0.3, 0.4) is 0 Å². The van der Waals surface area contributed by atoms with E-state index in [4.69, 9.17) is 5.73 Å². The van der Waals surface area contributed by atoms with Crippen LogP contribution < -0.4 is 11.1 Å². The molecule has 0 fully saturated rings. The summed E-state index contributed by atoms with van der Waals surface area (Å²) in [5, 5.41) is 7.70. The number of nitrogens with two attached hydrogens (primary N) is 1. The van der Waals surface area contributed by atoms with Gasteiger partial charge < -0.3 is 11.1 Å². The number of anilines is 1. The molecule has 3 N–H and O–H groups in total. The molecule has 0 aliphatic rings. The number of aryl methyl sites for hydroxylation is 1. The van der Waals surface area contributed by atoms with Gasteiger partial charge in [-0.15, -0.1) is 5.10 Å². The molecule has 2 rings (SSSR count). The van der Waals surface area contributed by atoms with E-state index in [2.05, 4.69) is 22.3 Å². The van der Waals surface area contributed by atoms with Crippen molar-refractivity contribution in [3.05, 3.63) is 23.9 Å². The van der Waals surface area contributed by atoms with E-state index in [1.165, 1.54) is 0 Å². The Hall–Kier alpha value is -1.62. The van der Waals surface area contributed by atoms with Crippen LogP contribution in [0.5, 0.6) is 0 Å². The molecule has 17 heavy (non-hydrogen) atoms. The van der Waals surface area contributed by atoms with Crippen LogP contribution in [0.15, 0.2) is 18.2 Å². The average Bonchev–Trinajstić information content (AvgIpc) is 2.72. The van der Waals surface area contributed by atoms with Crippen molar-refractivity contribution in [1.29, 1.82) is 0 Å². The molecule has 2 aromatic heterocycles. The molecule has 0 amide bonds. The number of fused-ring (bicyclic) bond motifs is 1. The number of hydrogen-bond acceptors (Lipinski definition) is 4. The van der Waals surface area contributed by atoms with E-state index in [-0.39, 0.29) is 6.04 Å². The molecule has 0 radical (unpaired) electrons. The molecule has 2 heterocycles. The molecule has 0 saturated carbocycles. The zero-order valence-electron chi connectivity index (χ0n) is 10.3. The van der Waals surface area contributed by atoms with Gasteiger partial charge in [0.1, 0.15) is 0 Å². The predicted molar refractivity (Wildman–Crippen MR) is 69.1 cm³/mol. The molecule has 0 aliphatic heterocycles. The van der Waals surface area contributed by atoms with Crippen molar-refractivity contribution in [2.24, 2.45) is 5.73 Å². The molecule has 1 atom stereocenters. The lowest BCUT2D eigenvalue weighted by atomic mass is 10.2. The van der Waals surface area contributed by atoms with Crippen molar-refractivity contribution in [2.75, 3.05) is 11.9 Å². The molecular weight excluding hydrogens is 214 g/mol. The zero-order valence-corrected chi connectivity index (χ0v) is 10.3. The predicted octanol–water partition coefficient (Wildman–Crippen LogP) is 1.58. The maximum atomic E-state index is 5.71. The van der Waals surface area contributed by atoms with E-state index in [0.29, 0.717) is 12.5 Å². The molecule has 92 valence electrons. The van der Waals surface area contributed by atoms with Crippen LogP contribution in [0.25, 0.3) is 5.65 Å². The van der Waals surface area contributed by atoms with E-state index in [9.17, 15) is 0 Å². The van der Waals surface area contributed by atoms with Gasteiger partial charge in [0.2, 0.25) is 5.95 Å². The van der Waals surface area contributed by atoms with E-state index >= 15 is 0 Å².